The molecular formula is C18H19F3N2O4. The number of benzene rings is 1. The highest BCUT2D eigenvalue weighted by molar-refractivity contribution is 5.78. The molecule has 6 nitrogen and oxygen atoms in total. The number of carbonyl (C=O) groups excluding carboxylic acids is 1. The monoisotopic (exact) mass is 384 g/mol. The largest absolute Gasteiger partial charge is 0.486 e. The lowest BCUT2D eigenvalue weighted by Gasteiger charge is -2.09. The zero-order chi connectivity index (χ0) is 19.3. The summed E-state index contributed by atoms with van der Waals surface area (Å²) in [6.45, 7) is 1.85. The van der Waals surface area contributed by atoms with E-state index in [1.54, 1.807) is 6.07 Å². The molecule has 1 unspecified atom stereocenters. The molecule has 2 heterocycles. The van der Waals surface area contributed by atoms with Crippen LogP contribution in [-0.2, 0) is 28.7 Å². The second kappa shape index (κ2) is 8.43. The highest BCUT2D eigenvalue weighted by Gasteiger charge is 2.30. The summed E-state index contributed by atoms with van der Waals surface area (Å²) in [5.41, 5.74) is -0.361. The highest BCUT2D eigenvalue weighted by Crippen LogP contribution is 2.31. The summed E-state index contributed by atoms with van der Waals surface area (Å²) in [7, 11) is 0. The van der Waals surface area contributed by atoms with Gasteiger partial charge in [0.2, 0.25) is 5.91 Å². The Morgan fingerprint density at radius 2 is 2.19 bits per heavy atom. The molecule has 2 aromatic rings. The molecular weight excluding hydrogens is 365 g/mol. The fraction of sp³-hybridized carbons (Fsp3) is 0.444. The number of amides is 1. The molecule has 1 fully saturated rings. The molecule has 0 aliphatic carbocycles. The van der Waals surface area contributed by atoms with E-state index in [0.717, 1.165) is 25.2 Å². The Kier molecular flexibility index (Phi) is 6.00. The molecule has 0 bridgehead atoms. The Hall–Kier alpha value is -2.55. The predicted octanol–water partition coefficient (Wildman–Crippen LogP) is 2.97. The van der Waals surface area contributed by atoms with E-state index in [4.69, 9.17) is 14.0 Å². The third-order valence-electron chi connectivity index (χ3n) is 4.10. The van der Waals surface area contributed by atoms with Gasteiger partial charge < -0.3 is 19.3 Å². The number of ether oxygens (including phenoxy) is 2. The summed E-state index contributed by atoms with van der Waals surface area (Å²) in [5.74, 6) is 0.543. The first-order valence-corrected chi connectivity index (χ1v) is 8.49. The average molecular weight is 384 g/mol. The van der Waals surface area contributed by atoms with Gasteiger partial charge in [0.1, 0.15) is 12.4 Å². The van der Waals surface area contributed by atoms with E-state index in [2.05, 4.69) is 10.5 Å². The minimum absolute atomic E-state index is 0.0562. The molecule has 1 aliphatic rings. The van der Waals surface area contributed by atoms with Gasteiger partial charge in [-0.2, -0.15) is 13.2 Å². The Morgan fingerprint density at radius 1 is 1.33 bits per heavy atom. The van der Waals surface area contributed by atoms with Crippen LogP contribution >= 0.6 is 0 Å². The van der Waals surface area contributed by atoms with Gasteiger partial charge in [-0.3, -0.25) is 4.79 Å². The summed E-state index contributed by atoms with van der Waals surface area (Å²) in [5, 5.41) is 6.61. The van der Waals surface area contributed by atoms with Gasteiger partial charge in [0.15, 0.2) is 5.76 Å². The molecule has 146 valence electrons. The number of nitrogens with one attached hydrogen (secondary N) is 1. The van der Waals surface area contributed by atoms with Crippen LogP contribution in [0, 0.1) is 5.92 Å². The molecule has 1 aromatic carbocycles. The second-order valence-corrected chi connectivity index (χ2v) is 6.31. The molecule has 1 aromatic heterocycles. The van der Waals surface area contributed by atoms with Gasteiger partial charge in [-0.05, 0) is 24.6 Å². The van der Waals surface area contributed by atoms with Crippen LogP contribution in [0.25, 0.3) is 0 Å². The topological polar surface area (TPSA) is 73.6 Å². The number of nitrogens with zero attached hydrogens (tertiary/aromatic N) is 1. The molecule has 1 N–H and O–H groups in total. The van der Waals surface area contributed by atoms with E-state index in [1.165, 1.54) is 12.1 Å². The summed E-state index contributed by atoms with van der Waals surface area (Å²) in [6, 6.07) is 6.12. The lowest BCUT2D eigenvalue weighted by Crippen LogP contribution is -2.30. The maximum atomic E-state index is 12.7. The van der Waals surface area contributed by atoms with Gasteiger partial charge in [-0.25, -0.2) is 0 Å². The zero-order valence-corrected chi connectivity index (χ0v) is 14.4. The summed E-state index contributed by atoms with van der Waals surface area (Å²) >= 11 is 0. The zero-order valence-electron chi connectivity index (χ0n) is 14.4. The van der Waals surface area contributed by atoms with Gasteiger partial charge in [-0.15, -0.1) is 0 Å². The molecule has 0 radical (unpaired) electrons. The van der Waals surface area contributed by atoms with Crippen LogP contribution in [0.4, 0.5) is 13.2 Å². The Morgan fingerprint density at radius 3 is 2.93 bits per heavy atom. The standard InChI is InChI=1S/C18H19F3N2O4/c19-18(20,21)13-2-1-3-15(6-13)26-11-16-7-14(23-27-16)8-17(24)22-9-12-4-5-25-10-12/h1-3,6-7,12H,4-5,8-11H2,(H,22,24). The van der Waals surface area contributed by atoms with Crippen molar-refractivity contribution in [3.63, 3.8) is 0 Å². The van der Waals surface area contributed by atoms with Crippen LogP contribution in [-0.4, -0.2) is 30.8 Å². The number of alkyl halides is 3. The number of hydrogen-bond donors (Lipinski definition) is 1. The van der Waals surface area contributed by atoms with Crippen molar-refractivity contribution in [2.75, 3.05) is 19.8 Å². The Labute approximate surface area is 153 Å². The number of rotatable bonds is 7. The van der Waals surface area contributed by atoms with Crippen molar-refractivity contribution in [1.82, 2.24) is 10.5 Å². The van der Waals surface area contributed by atoms with E-state index >= 15 is 0 Å². The van der Waals surface area contributed by atoms with Gasteiger partial charge in [-0.1, -0.05) is 11.2 Å². The van der Waals surface area contributed by atoms with Crippen molar-refractivity contribution in [3.05, 3.63) is 47.3 Å². The Bertz CT molecular complexity index is 770. The van der Waals surface area contributed by atoms with Gasteiger partial charge in [0.25, 0.3) is 0 Å². The van der Waals surface area contributed by atoms with Crippen molar-refractivity contribution >= 4 is 5.91 Å². The number of hydrogen-bond acceptors (Lipinski definition) is 5. The summed E-state index contributed by atoms with van der Waals surface area (Å²) in [4.78, 5) is 11.9. The number of halogens is 3. The molecule has 1 atom stereocenters. The van der Waals surface area contributed by atoms with E-state index < -0.39 is 11.7 Å². The average Bonchev–Trinajstić information content (AvgIpc) is 3.29. The number of aromatic nitrogens is 1. The maximum Gasteiger partial charge on any atom is 0.416 e. The molecule has 9 heteroatoms. The lowest BCUT2D eigenvalue weighted by atomic mass is 10.1. The van der Waals surface area contributed by atoms with Crippen LogP contribution in [0.5, 0.6) is 5.75 Å². The number of carbonyl (C=O) groups is 1. The molecule has 27 heavy (non-hydrogen) atoms. The first-order valence-electron chi connectivity index (χ1n) is 8.49. The normalized spacial score (nSPS) is 17.1. The SMILES string of the molecule is O=C(Cc1cc(COc2cccc(C(F)(F)F)c2)on1)NCC1CCOC1. The van der Waals surface area contributed by atoms with E-state index in [0.29, 0.717) is 30.5 Å². The van der Waals surface area contributed by atoms with Crippen molar-refractivity contribution in [2.24, 2.45) is 5.92 Å². The fourth-order valence-electron chi connectivity index (χ4n) is 2.65. The maximum absolute atomic E-state index is 12.7. The van der Waals surface area contributed by atoms with Crippen molar-refractivity contribution < 1.29 is 32.0 Å². The molecule has 1 saturated heterocycles. The quantitative estimate of drug-likeness (QED) is 0.795. The van der Waals surface area contributed by atoms with Crippen LogP contribution in [0.15, 0.2) is 34.9 Å². The van der Waals surface area contributed by atoms with Gasteiger partial charge >= 0.3 is 6.18 Å². The van der Waals surface area contributed by atoms with Gasteiger partial charge in [0, 0.05) is 25.1 Å². The van der Waals surface area contributed by atoms with Crippen LogP contribution < -0.4 is 10.1 Å². The summed E-state index contributed by atoms with van der Waals surface area (Å²) in [6.07, 6.45) is -3.45. The molecule has 1 amide bonds. The predicted molar refractivity (Wildman–Crippen MR) is 87.9 cm³/mol. The second-order valence-electron chi connectivity index (χ2n) is 6.31. The first kappa shape index (κ1) is 19.2. The first-order chi connectivity index (χ1) is 12.9. The third kappa shape index (κ3) is 5.72. The van der Waals surface area contributed by atoms with Crippen LogP contribution in [0.2, 0.25) is 0 Å². The third-order valence-corrected chi connectivity index (χ3v) is 4.10. The minimum Gasteiger partial charge on any atom is -0.486 e. The van der Waals surface area contributed by atoms with Gasteiger partial charge in [0.05, 0.1) is 24.3 Å². The Balaban J connectivity index is 1.47. The van der Waals surface area contributed by atoms with E-state index in [1.807, 2.05) is 0 Å². The van der Waals surface area contributed by atoms with Crippen molar-refractivity contribution in [1.29, 1.82) is 0 Å². The lowest BCUT2D eigenvalue weighted by molar-refractivity contribution is -0.137. The molecule has 0 saturated carbocycles. The smallest absolute Gasteiger partial charge is 0.416 e. The van der Waals surface area contributed by atoms with Crippen LogP contribution in [0.1, 0.15) is 23.4 Å². The molecule has 1 aliphatic heterocycles. The highest BCUT2D eigenvalue weighted by atomic mass is 19.4. The molecule has 0 spiro atoms. The molecule has 3 rings (SSSR count). The van der Waals surface area contributed by atoms with Crippen LogP contribution in [0.3, 0.4) is 0 Å². The van der Waals surface area contributed by atoms with E-state index in [-0.39, 0.29) is 24.7 Å². The van der Waals surface area contributed by atoms with E-state index in [9.17, 15) is 18.0 Å². The minimum atomic E-state index is -4.43. The summed E-state index contributed by atoms with van der Waals surface area (Å²) < 4.78 is 53.7. The van der Waals surface area contributed by atoms with Crippen molar-refractivity contribution in [3.8, 4) is 5.75 Å². The fourth-order valence-corrected chi connectivity index (χ4v) is 2.65. The van der Waals surface area contributed by atoms with Crippen molar-refractivity contribution in [2.45, 2.75) is 25.6 Å².